The van der Waals surface area contributed by atoms with Gasteiger partial charge in [0.2, 0.25) is 11.8 Å². The summed E-state index contributed by atoms with van der Waals surface area (Å²) in [6.45, 7) is 0. The molecule has 106 valence electrons. The van der Waals surface area contributed by atoms with E-state index in [2.05, 4.69) is 0 Å². The molecule has 0 N–H and O–H groups in total. The van der Waals surface area contributed by atoms with Crippen molar-refractivity contribution in [3.8, 4) is 0 Å². The highest BCUT2D eigenvalue weighted by atomic mass is 16.6. The van der Waals surface area contributed by atoms with Gasteiger partial charge in [0, 0.05) is 12.1 Å². The van der Waals surface area contributed by atoms with E-state index >= 15 is 0 Å². The Morgan fingerprint density at radius 1 is 1.10 bits per heavy atom. The maximum Gasteiger partial charge on any atom is 0.271 e. The molecule has 6 heteroatoms. The molecule has 21 heavy (non-hydrogen) atoms. The molecular weight excluding hydrogens is 272 g/mol. The Kier molecular flexibility index (Phi) is 2.34. The Morgan fingerprint density at radius 3 is 2.29 bits per heavy atom. The maximum absolute atomic E-state index is 12.6. The Labute approximate surface area is 120 Å². The number of nitrogens with zero attached hydrogens (tertiary/aromatic N) is 2. The molecule has 0 unspecified atom stereocenters. The van der Waals surface area contributed by atoms with Gasteiger partial charge in [-0.15, -0.1) is 0 Å². The molecule has 0 radical (unpaired) electrons. The molecule has 1 aromatic rings. The van der Waals surface area contributed by atoms with E-state index in [0.717, 1.165) is 11.3 Å². The van der Waals surface area contributed by atoms with Gasteiger partial charge in [0.1, 0.15) is 0 Å². The molecule has 2 fully saturated rings. The standard InChI is InChI=1S/C15H12N2O4/c18-14-12-8-4-5-9(6-8)13(12)15(19)16(14)10-2-1-3-11(7-10)17(20)21/h1-5,7-9,12-13H,6H2/t8-,9+,12-,13-/m0/s1. The minimum atomic E-state index is -0.527. The first-order valence-electron chi connectivity index (χ1n) is 6.88. The summed E-state index contributed by atoms with van der Waals surface area (Å²) in [4.78, 5) is 36.6. The summed E-state index contributed by atoms with van der Waals surface area (Å²) in [6.07, 6.45) is 4.91. The van der Waals surface area contributed by atoms with Gasteiger partial charge in [-0.2, -0.15) is 0 Å². The van der Waals surface area contributed by atoms with E-state index in [1.165, 1.54) is 18.2 Å². The topological polar surface area (TPSA) is 80.5 Å². The van der Waals surface area contributed by atoms with Crippen LogP contribution >= 0.6 is 0 Å². The molecule has 2 bridgehead atoms. The van der Waals surface area contributed by atoms with Crippen LogP contribution in [0.3, 0.4) is 0 Å². The molecule has 4 atom stereocenters. The Balaban J connectivity index is 1.74. The lowest BCUT2D eigenvalue weighted by Gasteiger charge is -2.16. The number of non-ortho nitro benzene ring substituents is 1. The molecule has 1 aliphatic heterocycles. The first kappa shape index (κ1) is 12.3. The third-order valence-electron chi connectivity index (χ3n) is 4.77. The number of anilines is 1. The lowest BCUT2D eigenvalue weighted by atomic mass is 9.85. The highest BCUT2D eigenvalue weighted by Gasteiger charge is 2.59. The van der Waals surface area contributed by atoms with Crippen molar-refractivity contribution >= 4 is 23.2 Å². The van der Waals surface area contributed by atoms with E-state index in [1.54, 1.807) is 6.07 Å². The van der Waals surface area contributed by atoms with Gasteiger partial charge >= 0.3 is 0 Å². The predicted octanol–water partition coefficient (Wildman–Crippen LogP) is 1.91. The van der Waals surface area contributed by atoms with Crippen LogP contribution in [0.2, 0.25) is 0 Å². The van der Waals surface area contributed by atoms with Crippen molar-refractivity contribution in [2.45, 2.75) is 6.42 Å². The smallest absolute Gasteiger partial charge is 0.271 e. The summed E-state index contributed by atoms with van der Waals surface area (Å²) in [5.74, 6) is -0.733. The van der Waals surface area contributed by atoms with Crippen LogP contribution in [0.4, 0.5) is 11.4 Å². The van der Waals surface area contributed by atoms with E-state index in [9.17, 15) is 19.7 Å². The Morgan fingerprint density at radius 2 is 1.71 bits per heavy atom. The number of allylic oxidation sites excluding steroid dienone is 2. The fraction of sp³-hybridized carbons (Fsp3) is 0.333. The number of hydrogen-bond acceptors (Lipinski definition) is 4. The van der Waals surface area contributed by atoms with Crippen molar-refractivity contribution in [3.63, 3.8) is 0 Å². The van der Waals surface area contributed by atoms with Crippen LogP contribution in [-0.2, 0) is 9.59 Å². The second kappa shape index (κ2) is 4.00. The number of amides is 2. The third kappa shape index (κ3) is 1.53. The zero-order valence-electron chi connectivity index (χ0n) is 11.0. The van der Waals surface area contributed by atoms with Gasteiger partial charge in [-0.1, -0.05) is 18.2 Å². The minimum Gasteiger partial charge on any atom is -0.274 e. The van der Waals surface area contributed by atoms with E-state index in [4.69, 9.17) is 0 Å². The fourth-order valence-corrected chi connectivity index (χ4v) is 3.90. The second-order valence-corrected chi connectivity index (χ2v) is 5.79. The molecule has 3 aliphatic rings. The van der Waals surface area contributed by atoms with Gasteiger partial charge in [0.25, 0.3) is 5.69 Å². The van der Waals surface area contributed by atoms with Crippen LogP contribution in [-0.4, -0.2) is 16.7 Å². The first-order valence-corrected chi connectivity index (χ1v) is 6.88. The number of carbonyl (C=O) groups is 2. The lowest BCUT2D eigenvalue weighted by Crippen LogP contribution is -2.32. The van der Waals surface area contributed by atoms with E-state index in [0.29, 0.717) is 5.69 Å². The number of nitro benzene ring substituents is 1. The van der Waals surface area contributed by atoms with Crippen molar-refractivity contribution in [3.05, 3.63) is 46.5 Å². The van der Waals surface area contributed by atoms with E-state index in [1.807, 2.05) is 12.2 Å². The molecule has 1 heterocycles. The number of hydrogen-bond donors (Lipinski definition) is 0. The van der Waals surface area contributed by atoms with Gasteiger partial charge in [0.05, 0.1) is 22.4 Å². The number of fused-ring (bicyclic) bond motifs is 5. The summed E-state index contributed by atoms with van der Waals surface area (Å²) in [5.41, 5.74) is 0.180. The third-order valence-corrected chi connectivity index (χ3v) is 4.77. The average Bonchev–Trinajstić information content (AvgIpc) is 3.13. The summed E-state index contributed by atoms with van der Waals surface area (Å²) < 4.78 is 0. The molecule has 4 rings (SSSR count). The predicted molar refractivity (Wildman–Crippen MR) is 73.3 cm³/mol. The maximum atomic E-state index is 12.6. The van der Waals surface area contributed by atoms with Gasteiger partial charge in [-0.3, -0.25) is 19.7 Å². The van der Waals surface area contributed by atoms with Crippen molar-refractivity contribution in [1.29, 1.82) is 0 Å². The van der Waals surface area contributed by atoms with E-state index < -0.39 is 4.92 Å². The quantitative estimate of drug-likeness (QED) is 0.359. The van der Waals surface area contributed by atoms with Crippen molar-refractivity contribution in [2.75, 3.05) is 4.90 Å². The highest BCUT2D eigenvalue weighted by Crippen LogP contribution is 2.53. The van der Waals surface area contributed by atoms with Gasteiger partial charge in [-0.05, 0) is 24.3 Å². The number of imide groups is 1. The molecule has 1 saturated heterocycles. The molecule has 0 aromatic heterocycles. The number of rotatable bonds is 2. The Hall–Kier alpha value is -2.50. The van der Waals surface area contributed by atoms with Gasteiger partial charge in [0.15, 0.2) is 0 Å². The first-order chi connectivity index (χ1) is 10.1. The summed E-state index contributed by atoms with van der Waals surface area (Å²) >= 11 is 0. The zero-order valence-corrected chi connectivity index (χ0v) is 11.0. The van der Waals surface area contributed by atoms with Crippen molar-refractivity contribution in [2.24, 2.45) is 23.7 Å². The summed E-state index contributed by atoms with van der Waals surface area (Å²) in [6, 6.07) is 5.70. The normalized spacial score (nSPS) is 32.9. The van der Waals surface area contributed by atoms with Crippen LogP contribution in [0, 0.1) is 33.8 Å². The second-order valence-electron chi connectivity index (χ2n) is 5.79. The number of nitro groups is 1. The van der Waals surface area contributed by atoms with Crippen molar-refractivity contribution < 1.29 is 14.5 Å². The molecule has 1 aromatic carbocycles. The minimum absolute atomic E-state index is 0.119. The number of carbonyl (C=O) groups excluding carboxylic acids is 2. The van der Waals surface area contributed by atoms with Crippen LogP contribution in [0.25, 0.3) is 0 Å². The van der Waals surface area contributed by atoms with Gasteiger partial charge in [-0.25, -0.2) is 4.90 Å². The monoisotopic (exact) mass is 284 g/mol. The van der Waals surface area contributed by atoms with Crippen molar-refractivity contribution in [1.82, 2.24) is 0 Å². The molecule has 2 aliphatic carbocycles. The molecule has 1 saturated carbocycles. The van der Waals surface area contributed by atoms with Crippen LogP contribution in [0.15, 0.2) is 36.4 Å². The number of benzene rings is 1. The molecule has 2 amide bonds. The van der Waals surface area contributed by atoms with E-state index in [-0.39, 0.29) is 41.2 Å². The Bertz CT molecular complexity index is 681. The molecule has 0 spiro atoms. The van der Waals surface area contributed by atoms with Crippen LogP contribution < -0.4 is 4.90 Å². The SMILES string of the molecule is O=C1[C@@H]2[C@@H](C(=O)N1c1cccc([N+](=O)[O-])c1)[C@H]1C=C[C@@H]2C1. The lowest BCUT2D eigenvalue weighted by molar-refractivity contribution is -0.384. The summed E-state index contributed by atoms with van der Waals surface area (Å²) in [5, 5.41) is 10.8. The van der Waals surface area contributed by atoms with Crippen LogP contribution in [0.1, 0.15) is 6.42 Å². The van der Waals surface area contributed by atoms with Crippen LogP contribution in [0.5, 0.6) is 0 Å². The molecular formula is C15H12N2O4. The summed E-state index contributed by atoms with van der Waals surface area (Å²) in [7, 11) is 0. The average molecular weight is 284 g/mol. The fourth-order valence-electron chi connectivity index (χ4n) is 3.90. The van der Waals surface area contributed by atoms with Gasteiger partial charge < -0.3 is 0 Å². The zero-order chi connectivity index (χ0) is 14.7. The molecule has 6 nitrogen and oxygen atoms in total. The highest BCUT2D eigenvalue weighted by molar-refractivity contribution is 6.22. The largest absolute Gasteiger partial charge is 0.274 e.